The molecule has 0 bridgehead atoms. The van der Waals surface area contributed by atoms with Gasteiger partial charge in [-0.25, -0.2) is 19.4 Å². The van der Waals surface area contributed by atoms with E-state index >= 15 is 0 Å². The van der Waals surface area contributed by atoms with E-state index in [2.05, 4.69) is 25.9 Å². The van der Waals surface area contributed by atoms with Crippen LogP contribution in [0.25, 0.3) is 0 Å². The summed E-state index contributed by atoms with van der Waals surface area (Å²) in [7, 11) is 0. The maximum absolute atomic E-state index is 13.4. The van der Waals surface area contributed by atoms with Crippen molar-refractivity contribution in [3.05, 3.63) is 113 Å². The molecule has 0 radical (unpaired) electrons. The number of esters is 3. The number of hydrogen-bond acceptors (Lipinski definition) is 13. The quantitative estimate of drug-likeness (QED) is 0.171. The van der Waals surface area contributed by atoms with E-state index in [-0.39, 0.29) is 65.4 Å². The average molecular weight is 654 g/mol. The second kappa shape index (κ2) is 16.2. The minimum atomic E-state index is -0.951. The van der Waals surface area contributed by atoms with Gasteiger partial charge in [0.2, 0.25) is 17.5 Å². The molecule has 14 nitrogen and oxygen atoms in total. The molecule has 3 N–H and O–H groups in total. The normalized spacial score (nSPS) is 15.4. The van der Waals surface area contributed by atoms with Crippen molar-refractivity contribution in [3.63, 3.8) is 0 Å². The van der Waals surface area contributed by atoms with E-state index in [1.54, 1.807) is 51.1 Å². The van der Waals surface area contributed by atoms with Crippen LogP contribution in [0.5, 0.6) is 0 Å². The maximum atomic E-state index is 13.4. The molecule has 14 heteroatoms. The van der Waals surface area contributed by atoms with Gasteiger partial charge >= 0.3 is 17.9 Å². The topological polar surface area (TPSA) is 192 Å². The zero-order valence-electron chi connectivity index (χ0n) is 26.2. The smallest absolute Gasteiger partial charge is 0.359 e. The van der Waals surface area contributed by atoms with Crippen LogP contribution >= 0.6 is 0 Å². The summed E-state index contributed by atoms with van der Waals surface area (Å²) in [6, 6.07) is 8.10. The predicted molar refractivity (Wildman–Crippen MR) is 174 cm³/mol. The number of hydrogen-bond donors (Lipinski definition) is 3. The van der Waals surface area contributed by atoms with E-state index < -0.39 is 41.1 Å². The third-order valence-corrected chi connectivity index (χ3v) is 6.36. The van der Waals surface area contributed by atoms with E-state index in [0.29, 0.717) is 0 Å². The molecule has 246 valence electrons. The first-order valence-corrected chi connectivity index (χ1v) is 14.8. The second-order valence-corrected chi connectivity index (χ2v) is 9.65. The lowest BCUT2D eigenvalue weighted by Gasteiger charge is -2.19. The SMILES string of the molecule is CCOC(=O)C=C1C=CC=C(Nc2nc(NC3=CC=CC(=CC(=O)OCC)C3=O)c(NC(=O)c3ccccc3)c(C(=O)OCC)n2)C1=O. The molecule has 1 heterocycles. The number of ketones is 2. The zero-order valence-corrected chi connectivity index (χ0v) is 26.2. The Morgan fingerprint density at radius 3 is 1.81 bits per heavy atom. The number of Topliss-reactive ketones (excluding diaryl/α,β-unsaturated/α-hetero) is 2. The Hall–Kier alpha value is -6.44. The molecule has 1 aromatic heterocycles. The van der Waals surface area contributed by atoms with E-state index in [1.165, 1.54) is 36.5 Å². The van der Waals surface area contributed by atoms with Gasteiger partial charge in [-0.1, -0.05) is 42.5 Å². The van der Waals surface area contributed by atoms with Gasteiger partial charge in [0, 0.05) is 28.9 Å². The standard InChI is InChI=1S/C34H31N5O9/c1-4-46-25(40)18-21-14-10-16-23(29(21)42)35-31-27(37-32(44)20-12-8-7-9-13-20)28(33(45)48-6-3)38-34(39-31)36-24-17-11-15-22(30(24)43)19-26(41)47-5-2/h7-19H,4-6H2,1-3H3,(H,37,44)(H2,35,36,38,39). The van der Waals surface area contributed by atoms with Crippen molar-refractivity contribution in [3.8, 4) is 0 Å². The van der Waals surface area contributed by atoms with Crippen LogP contribution < -0.4 is 16.0 Å². The maximum Gasteiger partial charge on any atom is 0.359 e. The third-order valence-electron chi connectivity index (χ3n) is 6.36. The summed E-state index contributed by atoms with van der Waals surface area (Å²) in [5.74, 6) is -4.79. The Labute approximate surface area is 274 Å². The third kappa shape index (κ3) is 8.63. The molecular formula is C34H31N5O9. The molecule has 2 aliphatic carbocycles. The number of carbonyl (C=O) groups excluding carboxylic acids is 6. The molecule has 4 rings (SSSR count). The van der Waals surface area contributed by atoms with Crippen LogP contribution in [0, 0.1) is 0 Å². The van der Waals surface area contributed by atoms with Crippen molar-refractivity contribution in [2.75, 3.05) is 35.8 Å². The minimum absolute atomic E-state index is 0.00277. The van der Waals surface area contributed by atoms with Gasteiger partial charge in [0.1, 0.15) is 5.69 Å². The van der Waals surface area contributed by atoms with Crippen LogP contribution in [0.15, 0.2) is 101 Å². The lowest BCUT2D eigenvalue weighted by Crippen LogP contribution is -2.24. The number of carbonyl (C=O) groups is 6. The summed E-state index contributed by atoms with van der Waals surface area (Å²) < 4.78 is 15.0. The summed E-state index contributed by atoms with van der Waals surface area (Å²) in [4.78, 5) is 85.8. The predicted octanol–water partition coefficient (Wildman–Crippen LogP) is 3.75. The molecule has 0 spiro atoms. The number of benzene rings is 1. The van der Waals surface area contributed by atoms with Gasteiger partial charge in [-0.05, 0) is 45.1 Å². The molecule has 0 saturated carbocycles. The highest BCUT2D eigenvalue weighted by atomic mass is 16.5. The number of rotatable bonds is 12. The lowest BCUT2D eigenvalue weighted by atomic mass is 10.0. The molecular weight excluding hydrogens is 622 g/mol. The highest BCUT2D eigenvalue weighted by Gasteiger charge is 2.28. The zero-order chi connectivity index (χ0) is 34.6. The highest BCUT2D eigenvalue weighted by Crippen LogP contribution is 2.30. The van der Waals surface area contributed by atoms with E-state index in [4.69, 9.17) is 14.2 Å². The fourth-order valence-electron chi connectivity index (χ4n) is 4.25. The van der Waals surface area contributed by atoms with Crippen molar-refractivity contribution in [1.29, 1.82) is 0 Å². The number of amides is 1. The van der Waals surface area contributed by atoms with Gasteiger partial charge in [0.25, 0.3) is 5.91 Å². The number of nitrogens with one attached hydrogen (secondary N) is 3. The van der Waals surface area contributed by atoms with Crippen LogP contribution in [0.1, 0.15) is 41.6 Å². The molecule has 48 heavy (non-hydrogen) atoms. The molecule has 2 aliphatic rings. The Bertz CT molecular complexity index is 1840. The largest absolute Gasteiger partial charge is 0.463 e. The Balaban J connectivity index is 1.80. The molecule has 0 unspecified atom stereocenters. The number of allylic oxidation sites excluding steroid dienone is 8. The van der Waals surface area contributed by atoms with Crippen molar-refractivity contribution < 1.29 is 43.0 Å². The first-order chi connectivity index (χ1) is 23.1. The van der Waals surface area contributed by atoms with Crippen LogP contribution in [0.3, 0.4) is 0 Å². The molecule has 0 fully saturated rings. The van der Waals surface area contributed by atoms with Crippen molar-refractivity contribution in [2.24, 2.45) is 0 Å². The highest BCUT2D eigenvalue weighted by molar-refractivity contribution is 6.17. The van der Waals surface area contributed by atoms with Gasteiger partial charge in [-0.15, -0.1) is 0 Å². The van der Waals surface area contributed by atoms with E-state index in [9.17, 15) is 28.8 Å². The average Bonchev–Trinajstić information content (AvgIpc) is 3.06. The lowest BCUT2D eigenvalue weighted by molar-refractivity contribution is -0.138. The van der Waals surface area contributed by atoms with Gasteiger partial charge in [-0.2, -0.15) is 4.98 Å². The van der Waals surface area contributed by atoms with Crippen LogP contribution in [-0.2, 0) is 33.4 Å². The molecule has 0 atom stereocenters. The van der Waals surface area contributed by atoms with Crippen LogP contribution in [-0.4, -0.2) is 65.2 Å². The van der Waals surface area contributed by atoms with E-state index in [0.717, 1.165) is 12.2 Å². The van der Waals surface area contributed by atoms with Gasteiger partial charge < -0.3 is 30.2 Å². The Kier molecular flexibility index (Phi) is 11.6. The molecule has 0 saturated heterocycles. The first kappa shape index (κ1) is 34.4. The molecule has 2 aromatic rings. The summed E-state index contributed by atoms with van der Waals surface area (Å²) >= 11 is 0. The summed E-state index contributed by atoms with van der Waals surface area (Å²) in [6.45, 7) is 5.00. The summed E-state index contributed by atoms with van der Waals surface area (Å²) in [5, 5.41) is 8.20. The first-order valence-electron chi connectivity index (χ1n) is 14.8. The van der Waals surface area contributed by atoms with Gasteiger partial charge in [0.05, 0.1) is 31.2 Å². The van der Waals surface area contributed by atoms with Gasteiger partial charge in [-0.3, -0.25) is 14.4 Å². The molecule has 0 aliphatic heterocycles. The summed E-state index contributed by atoms with van der Waals surface area (Å²) in [6.07, 6.45) is 10.7. The Morgan fingerprint density at radius 1 is 0.729 bits per heavy atom. The van der Waals surface area contributed by atoms with Crippen molar-refractivity contribution in [1.82, 2.24) is 9.97 Å². The van der Waals surface area contributed by atoms with Crippen molar-refractivity contribution >= 4 is 52.8 Å². The number of ether oxygens (including phenoxy) is 3. The minimum Gasteiger partial charge on any atom is -0.463 e. The van der Waals surface area contributed by atoms with Crippen LogP contribution in [0.2, 0.25) is 0 Å². The van der Waals surface area contributed by atoms with E-state index in [1.807, 2.05) is 0 Å². The van der Waals surface area contributed by atoms with Gasteiger partial charge in [0.15, 0.2) is 11.5 Å². The van der Waals surface area contributed by atoms with Crippen LogP contribution in [0.4, 0.5) is 17.5 Å². The monoisotopic (exact) mass is 653 g/mol. The number of nitrogens with zero attached hydrogens (tertiary/aromatic N) is 2. The molecule has 1 aromatic carbocycles. The Morgan fingerprint density at radius 2 is 1.27 bits per heavy atom. The number of anilines is 3. The van der Waals surface area contributed by atoms with Crippen molar-refractivity contribution in [2.45, 2.75) is 20.8 Å². The molecule has 1 amide bonds. The summed E-state index contributed by atoms with van der Waals surface area (Å²) in [5.41, 5.74) is -0.550. The number of aromatic nitrogens is 2. The second-order valence-electron chi connectivity index (χ2n) is 9.65. The fraction of sp³-hybridized carbons (Fsp3) is 0.176. The fourth-order valence-corrected chi connectivity index (χ4v) is 4.25.